The Kier molecular flexibility index (Phi) is 5.74. The van der Waals surface area contributed by atoms with Crippen LogP contribution in [0.15, 0.2) is 47.2 Å². The molecule has 0 aliphatic rings. The second-order valence-electron chi connectivity index (χ2n) is 5.13. The molecule has 1 aromatic carbocycles. The van der Waals surface area contributed by atoms with Crippen LogP contribution in [-0.4, -0.2) is 18.1 Å². The summed E-state index contributed by atoms with van der Waals surface area (Å²) in [5.74, 6) is 0.478. The highest BCUT2D eigenvalue weighted by Gasteiger charge is 2.12. The van der Waals surface area contributed by atoms with Gasteiger partial charge in [-0.15, -0.1) is 0 Å². The number of halogens is 1. The third kappa shape index (κ3) is 4.43. The molecule has 3 heteroatoms. The van der Waals surface area contributed by atoms with Crippen LogP contribution >= 0.6 is 15.9 Å². The summed E-state index contributed by atoms with van der Waals surface area (Å²) in [7, 11) is 0. The van der Waals surface area contributed by atoms with Gasteiger partial charge in [0.05, 0.1) is 0 Å². The smallest absolute Gasteiger partial charge is 0.0410 e. The second kappa shape index (κ2) is 7.55. The van der Waals surface area contributed by atoms with Crippen molar-refractivity contribution in [2.45, 2.75) is 26.2 Å². The van der Waals surface area contributed by atoms with Crippen LogP contribution < -0.4 is 5.32 Å². The lowest BCUT2D eigenvalue weighted by Gasteiger charge is -2.18. The molecule has 1 unspecified atom stereocenters. The van der Waals surface area contributed by atoms with E-state index in [9.17, 15) is 0 Å². The van der Waals surface area contributed by atoms with Gasteiger partial charge >= 0.3 is 0 Å². The standard InChI is InChI=1S/C17H21BrN2/c1-3-19-11-16(15-6-4-13(2)5-7-15)8-14-9-17(18)12-20-10-14/h4-7,9-10,12,16,19H,3,8,11H2,1-2H3. The zero-order valence-electron chi connectivity index (χ0n) is 12.1. The van der Waals surface area contributed by atoms with E-state index in [2.05, 4.69) is 70.4 Å². The third-order valence-electron chi connectivity index (χ3n) is 3.43. The number of benzene rings is 1. The van der Waals surface area contributed by atoms with Crippen LogP contribution in [0, 0.1) is 6.92 Å². The molecule has 0 radical (unpaired) electrons. The molecule has 0 aliphatic carbocycles. The SMILES string of the molecule is CCNCC(Cc1cncc(Br)c1)c1ccc(C)cc1. The van der Waals surface area contributed by atoms with Crippen LogP contribution in [0.25, 0.3) is 0 Å². The quantitative estimate of drug-likeness (QED) is 0.861. The number of pyridine rings is 1. The van der Waals surface area contributed by atoms with Crippen LogP contribution in [0.2, 0.25) is 0 Å². The van der Waals surface area contributed by atoms with Gasteiger partial charge in [-0.25, -0.2) is 0 Å². The van der Waals surface area contributed by atoms with E-state index in [1.807, 2.05) is 12.4 Å². The van der Waals surface area contributed by atoms with Crippen LogP contribution in [0.1, 0.15) is 29.5 Å². The molecule has 0 spiro atoms. The van der Waals surface area contributed by atoms with E-state index in [0.717, 1.165) is 24.0 Å². The summed E-state index contributed by atoms with van der Waals surface area (Å²) < 4.78 is 1.04. The number of aryl methyl sites for hydroxylation is 1. The summed E-state index contributed by atoms with van der Waals surface area (Å²) >= 11 is 3.49. The molecule has 1 heterocycles. The molecule has 1 N–H and O–H groups in total. The summed E-state index contributed by atoms with van der Waals surface area (Å²) in [6.45, 7) is 6.26. The molecule has 20 heavy (non-hydrogen) atoms. The first-order valence-corrected chi connectivity index (χ1v) is 7.85. The Bertz CT molecular complexity index is 537. The summed E-state index contributed by atoms with van der Waals surface area (Å²) in [5.41, 5.74) is 3.96. The summed E-state index contributed by atoms with van der Waals surface area (Å²) in [5, 5.41) is 3.46. The van der Waals surface area contributed by atoms with Gasteiger partial charge in [0.1, 0.15) is 0 Å². The maximum atomic E-state index is 4.26. The molecule has 1 atom stereocenters. The highest BCUT2D eigenvalue weighted by molar-refractivity contribution is 9.10. The van der Waals surface area contributed by atoms with Gasteiger partial charge in [-0.2, -0.15) is 0 Å². The first-order valence-electron chi connectivity index (χ1n) is 7.05. The highest BCUT2D eigenvalue weighted by atomic mass is 79.9. The van der Waals surface area contributed by atoms with E-state index in [-0.39, 0.29) is 0 Å². The van der Waals surface area contributed by atoms with E-state index in [0.29, 0.717) is 5.92 Å². The Balaban J connectivity index is 2.16. The lowest BCUT2D eigenvalue weighted by atomic mass is 9.92. The minimum absolute atomic E-state index is 0.478. The van der Waals surface area contributed by atoms with Crippen molar-refractivity contribution in [2.75, 3.05) is 13.1 Å². The van der Waals surface area contributed by atoms with E-state index >= 15 is 0 Å². The lowest BCUT2D eigenvalue weighted by molar-refractivity contribution is 0.594. The van der Waals surface area contributed by atoms with Crippen molar-refractivity contribution in [3.05, 3.63) is 63.9 Å². The topological polar surface area (TPSA) is 24.9 Å². The molecule has 106 valence electrons. The van der Waals surface area contributed by atoms with Crippen molar-refractivity contribution in [3.63, 3.8) is 0 Å². The molecule has 0 amide bonds. The van der Waals surface area contributed by atoms with Gasteiger partial charge in [-0.1, -0.05) is 36.8 Å². The number of hydrogen-bond acceptors (Lipinski definition) is 2. The largest absolute Gasteiger partial charge is 0.316 e. The fourth-order valence-corrected chi connectivity index (χ4v) is 2.73. The molecule has 1 aromatic heterocycles. The van der Waals surface area contributed by atoms with Crippen LogP contribution in [0.4, 0.5) is 0 Å². The maximum Gasteiger partial charge on any atom is 0.0410 e. The summed E-state index contributed by atoms with van der Waals surface area (Å²) in [6, 6.07) is 11.0. The average molecular weight is 333 g/mol. The number of nitrogens with one attached hydrogen (secondary N) is 1. The molecule has 2 aromatic rings. The Morgan fingerprint density at radius 1 is 1.20 bits per heavy atom. The molecule has 0 saturated heterocycles. The van der Waals surface area contributed by atoms with Crippen molar-refractivity contribution in [1.29, 1.82) is 0 Å². The Labute approximate surface area is 129 Å². The van der Waals surface area contributed by atoms with Crippen LogP contribution in [0.5, 0.6) is 0 Å². The Hall–Kier alpha value is -1.19. The van der Waals surface area contributed by atoms with Crippen molar-refractivity contribution in [1.82, 2.24) is 10.3 Å². The third-order valence-corrected chi connectivity index (χ3v) is 3.87. The number of rotatable bonds is 6. The highest BCUT2D eigenvalue weighted by Crippen LogP contribution is 2.22. The van der Waals surface area contributed by atoms with Crippen molar-refractivity contribution < 1.29 is 0 Å². The first kappa shape index (κ1) is 15.2. The normalized spacial score (nSPS) is 12.3. The Morgan fingerprint density at radius 3 is 2.60 bits per heavy atom. The molecule has 2 nitrogen and oxygen atoms in total. The van der Waals surface area contributed by atoms with Crippen LogP contribution in [0.3, 0.4) is 0 Å². The molecular formula is C17H21BrN2. The minimum Gasteiger partial charge on any atom is -0.316 e. The number of nitrogens with zero attached hydrogens (tertiary/aromatic N) is 1. The number of hydrogen-bond donors (Lipinski definition) is 1. The average Bonchev–Trinajstić information content (AvgIpc) is 2.44. The summed E-state index contributed by atoms with van der Waals surface area (Å²) in [4.78, 5) is 4.26. The van der Waals surface area contributed by atoms with Gasteiger partial charge in [0.15, 0.2) is 0 Å². The molecule has 0 aliphatic heterocycles. The number of likely N-dealkylation sites (N-methyl/N-ethyl adjacent to an activating group) is 1. The van der Waals surface area contributed by atoms with Gasteiger partial charge in [0.25, 0.3) is 0 Å². The fourth-order valence-electron chi connectivity index (χ4n) is 2.32. The monoisotopic (exact) mass is 332 g/mol. The molecule has 0 bridgehead atoms. The van der Waals surface area contributed by atoms with E-state index in [4.69, 9.17) is 0 Å². The molecular weight excluding hydrogens is 312 g/mol. The van der Waals surface area contributed by atoms with Gasteiger partial charge in [0, 0.05) is 29.3 Å². The van der Waals surface area contributed by atoms with E-state index in [1.165, 1.54) is 16.7 Å². The second-order valence-corrected chi connectivity index (χ2v) is 6.05. The lowest BCUT2D eigenvalue weighted by Crippen LogP contribution is -2.22. The van der Waals surface area contributed by atoms with Crippen molar-refractivity contribution in [3.8, 4) is 0 Å². The molecule has 0 saturated carbocycles. The maximum absolute atomic E-state index is 4.26. The molecule has 0 fully saturated rings. The summed E-state index contributed by atoms with van der Waals surface area (Å²) in [6.07, 6.45) is 4.79. The zero-order valence-corrected chi connectivity index (χ0v) is 13.7. The van der Waals surface area contributed by atoms with E-state index < -0.39 is 0 Å². The fraction of sp³-hybridized carbons (Fsp3) is 0.353. The van der Waals surface area contributed by atoms with Crippen molar-refractivity contribution in [2.24, 2.45) is 0 Å². The van der Waals surface area contributed by atoms with E-state index in [1.54, 1.807) is 0 Å². The predicted molar refractivity (Wildman–Crippen MR) is 88.1 cm³/mol. The van der Waals surface area contributed by atoms with Gasteiger partial charge < -0.3 is 5.32 Å². The zero-order chi connectivity index (χ0) is 14.4. The van der Waals surface area contributed by atoms with Gasteiger partial charge in [0.2, 0.25) is 0 Å². The predicted octanol–water partition coefficient (Wildman–Crippen LogP) is 4.09. The first-order chi connectivity index (χ1) is 9.69. The number of aromatic nitrogens is 1. The van der Waals surface area contributed by atoms with Crippen molar-refractivity contribution >= 4 is 15.9 Å². The van der Waals surface area contributed by atoms with Crippen LogP contribution in [-0.2, 0) is 6.42 Å². The molecule has 2 rings (SSSR count). The minimum atomic E-state index is 0.478. The van der Waals surface area contributed by atoms with Gasteiger partial charge in [-0.05, 0) is 53.0 Å². The van der Waals surface area contributed by atoms with Gasteiger partial charge in [-0.3, -0.25) is 4.98 Å². The Morgan fingerprint density at radius 2 is 1.95 bits per heavy atom.